The lowest BCUT2D eigenvalue weighted by Gasteiger charge is -2.70. The molecule has 0 spiro atoms. The van der Waals surface area contributed by atoms with E-state index in [1.807, 2.05) is 36.4 Å². The van der Waals surface area contributed by atoms with Crippen molar-refractivity contribution in [2.45, 2.75) is 55.3 Å². The van der Waals surface area contributed by atoms with Crippen LogP contribution in [0.3, 0.4) is 0 Å². The third kappa shape index (κ3) is 2.60. The summed E-state index contributed by atoms with van der Waals surface area (Å²) < 4.78 is 0. The molecule has 4 aliphatic carbocycles. The first-order valence-electron chi connectivity index (χ1n) is 11.7. The van der Waals surface area contributed by atoms with Crippen LogP contribution in [0.4, 0.5) is 0 Å². The number of benzene rings is 3. The van der Waals surface area contributed by atoms with Gasteiger partial charge in [0.25, 0.3) is 0 Å². The molecule has 0 aliphatic heterocycles. The average molecular weight is 427 g/mol. The Morgan fingerprint density at radius 3 is 1.34 bits per heavy atom. The molecule has 0 amide bonds. The molecule has 0 radical (unpaired) electrons. The van der Waals surface area contributed by atoms with Gasteiger partial charge in [0, 0.05) is 0 Å². The van der Waals surface area contributed by atoms with E-state index in [1.54, 1.807) is 0 Å². The van der Waals surface area contributed by atoms with Crippen molar-refractivity contribution in [1.82, 2.24) is 0 Å². The topological polar surface area (TPSA) is 60.7 Å². The number of phenolic OH excluding ortho intramolecular Hbond substituents is 3. The lowest BCUT2D eigenvalue weighted by molar-refractivity contribution is -0.0946. The van der Waals surface area contributed by atoms with Crippen molar-refractivity contribution in [3.8, 4) is 17.2 Å². The SMILES string of the molecule is CC1C2(c3ccc(O)cc3)CC3CC(c4ccc(O)cc4)(C2)CC1(c1ccc(O)cc1)C3. The molecule has 3 heteroatoms. The predicted molar refractivity (Wildman–Crippen MR) is 125 cm³/mol. The number of hydrogen-bond donors (Lipinski definition) is 3. The fourth-order valence-electron chi connectivity index (χ4n) is 8.21. The van der Waals surface area contributed by atoms with Crippen LogP contribution in [0, 0.1) is 11.8 Å². The van der Waals surface area contributed by atoms with Crippen molar-refractivity contribution >= 4 is 0 Å². The summed E-state index contributed by atoms with van der Waals surface area (Å²) in [6.07, 6.45) is 5.72. The number of hydrogen-bond acceptors (Lipinski definition) is 3. The fourth-order valence-corrected chi connectivity index (χ4v) is 8.21. The van der Waals surface area contributed by atoms with E-state index in [0.29, 0.717) is 29.1 Å². The molecule has 3 aromatic carbocycles. The van der Waals surface area contributed by atoms with Gasteiger partial charge < -0.3 is 15.3 Å². The summed E-state index contributed by atoms with van der Waals surface area (Å²) in [5, 5.41) is 29.9. The Hall–Kier alpha value is -2.94. The van der Waals surface area contributed by atoms with E-state index in [2.05, 4.69) is 43.3 Å². The smallest absolute Gasteiger partial charge is 0.115 e. The Morgan fingerprint density at radius 2 is 0.938 bits per heavy atom. The normalized spacial score (nSPS) is 35.2. The average Bonchev–Trinajstić information content (AvgIpc) is 2.78. The third-order valence-electron chi connectivity index (χ3n) is 9.31. The number of rotatable bonds is 3. The first-order chi connectivity index (χ1) is 15.4. The van der Waals surface area contributed by atoms with Crippen LogP contribution < -0.4 is 0 Å². The summed E-state index contributed by atoms with van der Waals surface area (Å²) in [4.78, 5) is 0. The van der Waals surface area contributed by atoms with Crippen molar-refractivity contribution in [2.75, 3.05) is 0 Å². The summed E-state index contributed by atoms with van der Waals surface area (Å²) in [6.45, 7) is 2.43. The third-order valence-corrected chi connectivity index (χ3v) is 9.31. The van der Waals surface area contributed by atoms with E-state index in [4.69, 9.17) is 0 Å². The van der Waals surface area contributed by atoms with Gasteiger partial charge >= 0.3 is 0 Å². The Kier molecular flexibility index (Phi) is 4.03. The van der Waals surface area contributed by atoms with Crippen molar-refractivity contribution < 1.29 is 15.3 Å². The molecule has 0 aromatic heterocycles. The van der Waals surface area contributed by atoms with E-state index in [9.17, 15) is 15.3 Å². The zero-order valence-electron chi connectivity index (χ0n) is 18.5. The molecule has 0 saturated heterocycles. The van der Waals surface area contributed by atoms with Gasteiger partial charge in [-0.3, -0.25) is 0 Å². The minimum absolute atomic E-state index is 0.0306. The minimum Gasteiger partial charge on any atom is -0.508 e. The molecule has 3 nitrogen and oxygen atoms in total. The molecule has 4 fully saturated rings. The van der Waals surface area contributed by atoms with Crippen LogP contribution in [0.5, 0.6) is 17.2 Å². The van der Waals surface area contributed by atoms with Crippen molar-refractivity contribution in [3.05, 3.63) is 89.5 Å². The molecule has 4 saturated carbocycles. The van der Waals surface area contributed by atoms with Gasteiger partial charge in [-0.25, -0.2) is 0 Å². The van der Waals surface area contributed by atoms with Crippen LogP contribution in [-0.2, 0) is 16.2 Å². The van der Waals surface area contributed by atoms with Gasteiger partial charge in [-0.05, 0) is 113 Å². The molecular weight excluding hydrogens is 396 g/mol. The summed E-state index contributed by atoms with van der Waals surface area (Å²) >= 11 is 0. The zero-order chi connectivity index (χ0) is 22.1. The summed E-state index contributed by atoms with van der Waals surface area (Å²) in [7, 11) is 0. The molecule has 4 aliphatic rings. The van der Waals surface area contributed by atoms with E-state index >= 15 is 0 Å². The molecule has 32 heavy (non-hydrogen) atoms. The Labute approximate surface area is 189 Å². The van der Waals surface area contributed by atoms with E-state index in [0.717, 1.165) is 12.8 Å². The Bertz CT molecular complexity index is 1080. The summed E-state index contributed by atoms with van der Waals surface area (Å²) in [5.41, 5.74) is 4.11. The maximum Gasteiger partial charge on any atom is 0.115 e. The van der Waals surface area contributed by atoms with Crippen LogP contribution in [0.25, 0.3) is 0 Å². The minimum atomic E-state index is 0.0306. The monoisotopic (exact) mass is 426 g/mol. The fraction of sp³-hybridized carbons (Fsp3) is 0.379. The maximum absolute atomic E-state index is 9.97. The molecule has 3 aromatic rings. The molecular formula is C29H30O3. The van der Waals surface area contributed by atoms with Crippen LogP contribution in [0.2, 0.25) is 0 Å². The maximum atomic E-state index is 9.97. The molecule has 2 unspecified atom stereocenters. The zero-order valence-corrected chi connectivity index (χ0v) is 18.5. The number of aromatic hydroxyl groups is 3. The van der Waals surface area contributed by atoms with Gasteiger partial charge in [-0.2, -0.15) is 0 Å². The summed E-state index contributed by atoms with van der Waals surface area (Å²) in [6, 6.07) is 23.8. The van der Waals surface area contributed by atoms with Gasteiger partial charge in [0.05, 0.1) is 0 Å². The van der Waals surface area contributed by atoms with Gasteiger partial charge in [-0.15, -0.1) is 0 Å². The predicted octanol–water partition coefficient (Wildman–Crippen LogP) is 6.16. The molecule has 3 N–H and O–H groups in total. The highest BCUT2D eigenvalue weighted by atomic mass is 16.3. The van der Waals surface area contributed by atoms with Crippen LogP contribution in [-0.4, -0.2) is 15.3 Å². The van der Waals surface area contributed by atoms with E-state index in [-0.39, 0.29) is 16.2 Å². The van der Waals surface area contributed by atoms with Crippen molar-refractivity contribution in [1.29, 1.82) is 0 Å². The Balaban J connectivity index is 1.58. The van der Waals surface area contributed by atoms with Gasteiger partial charge in [0.15, 0.2) is 0 Å². The standard InChI is InChI=1S/C29H30O3/c1-19-28(22-4-10-25(31)11-5-22)15-20-14-27(17-28,21-2-8-24(30)9-3-21)18-29(19,16-20)23-6-12-26(32)13-7-23/h2-13,19-20,30-32H,14-18H2,1H3. The van der Waals surface area contributed by atoms with Crippen molar-refractivity contribution in [2.24, 2.45) is 11.8 Å². The largest absolute Gasteiger partial charge is 0.508 e. The first-order valence-corrected chi connectivity index (χ1v) is 11.7. The highest BCUT2D eigenvalue weighted by Crippen LogP contribution is 2.73. The molecule has 164 valence electrons. The number of phenols is 3. The van der Waals surface area contributed by atoms with Gasteiger partial charge in [0.1, 0.15) is 17.2 Å². The Morgan fingerprint density at radius 1 is 0.562 bits per heavy atom. The lowest BCUT2D eigenvalue weighted by atomic mass is 9.33. The van der Waals surface area contributed by atoms with Gasteiger partial charge in [-0.1, -0.05) is 43.3 Å². The quantitative estimate of drug-likeness (QED) is 0.470. The van der Waals surface area contributed by atoms with Crippen LogP contribution in [0.1, 0.15) is 55.7 Å². The second kappa shape index (κ2) is 6.54. The molecule has 7 rings (SSSR count). The molecule has 0 heterocycles. The van der Waals surface area contributed by atoms with Crippen molar-refractivity contribution in [3.63, 3.8) is 0 Å². The lowest BCUT2D eigenvalue weighted by Crippen LogP contribution is -2.66. The van der Waals surface area contributed by atoms with Crippen LogP contribution >= 0.6 is 0 Å². The van der Waals surface area contributed by atoms with E-state index < -0.39 is 0 Å². The van der Waals surface area contributed by atoms with Crippen LogP contribution in [0.15, 0.2) is 72.8 Å². The second-order valence-electron chi connectivity index (χ2n) is 10.8. The highest BCUT2D eigenvalue weighted by Gasteiger charge is 2.67. The highest BCUT2D eigenvalue weighted by molar-refractivity contribution is 5.47. The summed E-state index contributed by atoms with van der Waals surface area (Å²) in [5.74, 6) is 1.99. The second-order valence-corrected chi connectivity index (χ2v) is 10.8. The molecule has 4 bridgehead atoms. The van der Waals surface area contributed by atoms with Gasteiger partial charge in [0.2, 0.25) is 0 Å². The first kappa shape index (κ1) is 19.7. The molecule has 2 atom stereocenters. The van der Waals surface area contributed by atoms with E-state index in [1.165, 1.54) is 36.0 Å².